The largest absolute Gasteiger partial charge is 0.477 e. The van der Waals surface area contributed by atoms with Gasteiger partial charge in [0.05, 0.1) is 34.4 Å². The highest BCUT2D eigenvalue weighted by atomic mass is 16.6. The van der Waals surface area contributed by atoms with Gasteiger partial charge in [0.2, 0.25) is 0 Å². The van der Waals surface area contributed by atoms with Crippen molar-refractivity contribution in [3.05, 3.63) is 48.6 Å². The van der Waals surface area contributed by atoms with Crippen LogP contribution in [0.5, 0.6) is 0 Å². The Kier molecular flexibility index (Phi) is 31.6. The quantitative estimate of drug-likeness (QED) is 0.0234. The second-order valence-electron chi connectivity index (χ2n) is 14.2. The van der Waals surface area contributed by atoms with E-state index in [0.29, 0.717) is 19.3 Å². The molecule has 2 atom stereocenters. The van der Waals surface area contributed by atoms with Crippen LogP contribution in [0.4, 0.5) is 0 Å². The number of hydrogen-bond acceptors (Lipinski definition) is 6. The molecule has 0 rings (SSSR count). The van der Waals surface area contributed by atoms with Gasteiger partial charge in [0, 0.05) is 19.3 Å². The van der Waals surface area contributed by atoms with Crippen molar-refractivity contribution in [3.63, 3.8) is 0 Å². The summed E-state index contributed by atoms with van der Waals surface area (Å²) < 4.78 is 17.2. The summed E-state index contributed by atoms with van der Waals surface area (Å²) in [5, 5.41) is 9.58. The predicted molar refractivity (Wildman–Crippen MR) is 206 cm³/mol. The topological polar surface area (TPSA) is 99.1 Å². The number of carbonyl (C=O) groups excluding carboxylic acids is 2. The molecule has 0 fully saturated rings. The van der Waals surface area contributed by atoms with Gasteiger partial charge in [0.1, 0.15) is 6.61 Å². The molecule has 0 saturated heterocycles. The second-order valence-corrected chi connectivity index (χ2v) is 14.2. The van der Waals surface area contributed by atoms with Gasteiger partial charge in [-0.1, -0.05) is 127 Å². The Morgan fingerprint density at radius 2 is 1.14 bits per heavy atom. The molecular weight excluding hydrogens is 630 g/mol. The summed E-state index contributed by atoms with van der Waals surface area (Å²) in [6.07, 6.45) is 37.2. The number of carboxylic acid groups (broad SMARTS) is 1. The lowest BCUT2D eigenvalue weighted by Gasteiger charge is -2.31. The SMILES string of the molecule is CC/C=C/C=C/C=C/CCCCCCCCCC(=O)OCC(COCCC(C(=O)O)[N+](C)(C)C)OC(=O)CCCCCCC/C=C/CCCC. The zero-order valence-electron chi connectivity index (χ0n) is 32.6. The van der Waals surface area contributed by atoms with Gasteiger partial charge in [-0.25, -0.2) is 4.79 Å². The number of quaternary nitrogens is 1. The molecule has 1 N–H and O–H groups in total. The third-order valence-corrected chi connectivity index (χ3v) is 8.52. The fourth-order valence-electron chi connectivity index (χ4n) is 5.42. The predicted octanol–water partition coefficient (Wildman–Crippen LogP) is 10.1. The van der Waals surface area contributed by atoms with Crippen molar-refractivity contribution in [2.24, 2.45) is 0 Å². The number of esters is 2. The standard InChI is InChI=1S/C42H73NO7/c1-6-8-10-12-14-16-18-19-20-21-23-24-26-28-30-32-40(44)49-37-38(36-48-35-34-39(42(46)47)43(3,4)5)50-41(45)33-31-29-27-25-22-17-15-13-11-9-7-2/h8,10,12-16,18,38-39H,6-7,9,11,17,19-37H2,1-5H3/p+1/b10-8+,14-12+,15-13+,18-16+. The smallest absolute Gasteiger partial charge is 0.362 e. The van der Waals surface area contributed by atoms with Crippen molar-refractivity contribution in [3.8, 4) is 0 Å². The molecule has 8 nitrogen and oxygen atoms in total. The summed E-state index contributed by atoms with van der Waals surface area (Å²) in [6, 6.07) is -0.617. The van der Waals surface area contributed by atoms with Crippen LogP contribution >= 0.6 is 0 Å². The summed E-state index contributed by atoms with van der Waals surface area (Å²) in [7, 11) is 5.50. The Bertz CT molecular complexity index is 964. The average molecular weight is 705 g/mol. The van der Waals surface area contributed by atoms with Gasteiger partial charge in [-0.3, -0.25) is 9.59 Å². The van der Waals surface area contributed by atoms with Gasteiger partial charge in [-0.2, -0.15) is 0 Å². The van der Waals surface area contributed by atoms with Crippen LogP contribution in [0.2, 0.25) is 0 Å². The minimum atomic E-state index is -0.881. The van der Waals surface area contributed by atoms with E-state index < -0.39 is 18.1 Å². The van der Waals surface area contributed by atoms with E-state index in [0.717, 1.165) is 64.2 Å². The van der Waals surface area contributed by atoms with Crippen LogP contribution in [0, 0.1) is 0 Å². The number of nitrogens with zero attached hydrogens (tertiary/aromatic N) is 1. The lowest BCUT2D eigenvalue weighted by atomic mass is 10.1. The monoisotopic (exact) mass is 705 g/mol. The van der Waals surface area contributed by atoms with E-state index in [-0.39, 0.29) is 36.2 Å². The normalized spacial score (nSPS) is 13.5. The molecule has 0 radical (unpaired) electrons. The molecule has 0 aromatic heterocycles. The number of hydrogen-bond donors (Lipinski definition) is 1. The maximum atomic E-state index is 12.6. The molecule has 0 aromatic rings. The average Bonchev–Trinajstić information content (AvgIpc) is 3.06. The Balaban J connectivity index is 4.42. The highest BCUT2D eigenvalue weighted by molar-refractivity contribution is 5.72. The maximum absolute atomic E-state index is 12.6. The Morgan fingerprint density at radius 1 is 0.620 bits per heavy atom. The molecule has 0 aliphatic carbocycles. The van der Waals surface area contributed by atoms with Gasteiger partial charge in [-0.15, -0.1) is 0 Å². The molecule has 0 heterocycles. The third kappa shape index (κ3) is 31.3. The Hall–Kier alpha value is -2.71. The Morgan fingerprint density at radius 3 is 1.70 bits per heavy atom. The molecule has 0 aliphatic heterocycles. The molecule has 0 saturated carbocycles. The van der Waals surface area contributed by atoms with Crippen LogP contribution in [0.25, 0.3) is 0 Å². The van der Waals surface area contributed by atoms with E-state index in [1.165, 1.54) is 51.4 Å². The highest BCUT2D eigenvalue weighted by Gasteiger charge is 2.31. The third-order valence-electron chi connectivity index (χ3n) is 8.52. The van der Waals surface area contributed by atoms with E-state index in [4.69, 9.17) is 14.2 Å². The Labute approximate surface area is 306 Å². The fraction of sp³-hybridized carbons (Fsp3) is 0.738. The number of unbranched alkanes of at least 4 members (excludes halogenated alkanes) is 14. The van der Waals surface area contributed by atoms with Crippen LogP contribution in [0.1, 0.15) is 149 Å². The number of allylic oxidation sites excluding steroid dienone is 8. The molecule has 50 heavy (non-hydrogen) atoms. The van der Waals surface area contributed by atoms with Gasteiger partial charge >= 0.3 is 17.9 Å². The summed E-state index contributed by atoms with van der Waals surface area (Å²) in [6.45, 7) is 4.53. The van der Waals surface area contributed by atoms with Gasteiger partial charge in [-0.05, 0) is 51.4 Å². The zero-order chi connectivity index (χ0) is 37.1. The molecule has 0 spiro atoms. The number of aliphatic carboxylic acids is 1. The first-order valence-corrected chi connectivity index (χ1v) is 19.7. The zero-order valence-corrected chi connectivity index (χ0v) is 32.6. The summed E-state index contributed by atoms with van der Waals surface area (Å²) in [5.74, 6) is -1.50. The van der Waals surface area contributed by atoms with Crippen molar-refractivity contribution in [1.29, 1.82) is 0 Å². The molecule has 0 aromatic carbocycles. The lowest BCUT2D eigenvalue weighted by molar-refractivity contribution is -0.887. The van der Waals surface area contributed by atoms with Crippen LogP contribution in [0.3, 0.4) is 0 Å². The number of carboxylic acids is 1. The van der Waals surface area contributed by atoms with E-state index in [1.54, 1.807) is 0 Å². The first kappa shape index (κ1) is 47.3. The van der Waals surface area contributed by atoms with Crippen LogP contribution in [-0.2, 0) is 28.6 Å². The van der Waals surface area contributed by atoms with Crippen molar-refractivity contribution in [2.75, 3.05) is 41.0 Å². The fourth-order valence-corrected chi connectivity index (χ4v) is 5.42. The molecule has 288 valence electrons. The second kappa shape index (κ2) is 33.4. The molecule has 2 unspecified atom stereocenters. The number of rotatable bonds is 34. The van der Waals surface area contributed by atoms with Crippen LogP contribution in [-0.4, -0.2) is 80.6 Å². The first-order chi connectivity index (χ1) is 24.1. The van der Waals surface area contributed by atoms with E-state index in [9.17, 15) is 19.5 Å². The summed E-state index contributed by atoms with van der Waals surface area (Å²) >= 11 is 0. The van der Waals surface area contributed by atoms with E-state index in [2.05, 4.69) is 62.5 Å². The van der Waals surface area contributed by atoms with Crippen molar-refractivity contribution < 1.29 is 38.2 Å². The molecule has 0 aliphatic rings. The van der Waals surface area contributed by atoms with Crippen LogP contribution < -0.4 is 0 Å². The molecular formula is C42H74NO7+. The lowest BCUT2D eigenvalue weighted by Crippen LogP contribution is -2.50. The summed E-state index contributed by atoms with van der Waals surface area (Å²) in [5.41, 5.74) is 0. The van der Waals surface area contributed by atoms with Crippen molar-refractivity contribution >= 4 is 17.9 Å². The number of likely N-dealkylation sites (N-methyl/N-ethyl adjacent to an activating group) is 1. The minimum Gasteiger partial charge on any atom is -0.477 e. The summed E-state index contributed by atoms with van der Waals surface area (Å²) in [4.78, 5) is 36.8. The molecule has 0 bridgehead atoms. The molecule has 0 amide bonds. The van der Waals surface area contributed by atoms with E-state index in [1.807, 2.05) is 21.1 Å². The van der Waals surface area contributed by atoms with Gasteiger partial charge in [0.25, 0.3) is 0 Å². The van der Waals surface area contributed by atoms with Gasteiger partial charge in [0.15, 0.2) is 12.1 Å². The maximum Gasteiger partial charge on any atom is 0.362 e. The van der Waals surface area contributed by atoms with Crippen LogP contribution in [0.15, 0.2) is 48.6 Å². The van der Waals surface area contributed by atoms with Crippen molar-refractivity contribution in [2.45, 2.75) is 161 Å². The minimum absolute atomic E-state index is 0.0526. The first-order valence-electron chi connectivity index (χ1n) is 19.7. The van der Waals surface area contributed by atoms with Crippen molar-refractivity contribution in [1.82, 2.24) is 0 Å². The number of carbonyl (C=O) groups is 3. The van der Waals surface area contributed by atoms with Gasteiger partial charge < -0.3 is 23.8 Å². The molecule has 8 heteroatoms. The highest BCUT2D eigenvalue weighted by Crippen LogP contribution is 2.13. The number of ether oxygens (including phenoxy) is 3. The van der Waals surface area contributed by atoms with E-state index >= 15 is 0 Å².